The zero-order valence-corrected chi connectivity index (χ0v) is 37.6. The van der Waals surface area contributed by atoms with Gasteiger partial charge < -0.3 is 41.1 Å². The van der Waals surface area contributed by atoms with E-state index in [0.29, 0.717) is 40.8 Å². The monoisotopic (exact) mass is 900 g/mol. The van der Waals surface area contributed by atoms with Crippen LogP contribution in [0.2, 0.25) is 5.02 Å². The van der Waals surface area contributed by atoms with E-state index in [2.05, 4.69) is 26.2 Å². The third-order valence-electron chi connectivity index (χ3n) is 10.5. The molecule has 0 unspecified atom stereocenters. The van der Waals surface area contributed by atoms with Gasteiger partial charge in [-0.05, 0) is 60.7 Å². The van der Waals surface area contributed by atoms with Crippen LogP contribution in [-0.4, -0.2) is 71.0 Å². The van der Waals surface area contributed by atoms with Crippen LogP contribution in [0.3, 0.4) is 0 Å². The SMILES string of the molecule is [C-]#[N+]c1c(N)nc(SCc2coc(-c3ccc(Cl)cc3)n2)c(C#N)c1-c1ccc(OC[C@@H](COC(=O)[C@H](C)CC(=O)[C@@H](N)[C@@H](C)CC)OC(=O)[C@H](C)NC(=O)[C@@H](N)[C@@H](C)CC)cc1. The highest BCUT2D eigenvalue weighted by Gasteiger charge is 2.29. The summed E-state index contributed by atoms with van der Waals surface area (Å²) in [5, 5.41) is 13.8. The molecule has 63 heavy (non-hydrogen) atoms. The molecule has 16 nitrogen and oxygen atoms in total. The van der Waals surface area contributed by atoms with Crippen LogP contribution < -0.4 is 27.3 Å². The van der Waals surface area contributed by atoms with Crippen molar-refractivity contribution >= 4 is 58.5 Å². The Morgan fingerprint density at radius 1 is 0.937 bits per heavy atom. The number of halogens is 1. The zero-order chi connectivity index (χ0) is 46.4. The average Bonchev–Trinajstić information content (AvgIpc) is 3.76. The highest BCUT2D eigenvalue weighted by Crippen LogP contribution is 2.42. The smallest absolute Gasteiger partial charge is 0.328 e. The summed E-state index contributed by atoms with van der Waals surface area (Å²) in [6.07, 6.45) is 1.58. The number of pyridine rings is 1. The summed E-state index contributed by atoms with van der Waals surface area (Å²) in [6, 6.07) is 13.0. The normalized spacial score (nSPS) is 14.4. The number of nitrogen functional groups attached to an aromatic ring is 1. The highest BCUT2D eigenvalue weighted by atomic mass is 35.5. The van der Waals surface area contributed by atoms with Gasteiger partial charge in [0.2, 0.25) is 17.5 Å². The van der Waals surface area contributed by atoms with E-state index >= 15 is 0 Å². The van der Waals surface area contributed by atoms with Crippen LogP contribution in [0.5, 0.6) is 5.75 Å². The number of oxazole rings is 1. The number of hydrogen-bond acceptors (Lipinski definition) is 15. The van der Waals surface area contributed by atoms with E-state index < -0.39 is 54.6 Å². The molecule has 4 rings (SSSR count). The Balaban J connectivity index is 1.50. The third-order valence-corrected chi connectivity index (χ3v) is 11.7. The van der Waals surface area contributed by atoms with Gasteiger partial charge >= 0.3 is 11.9 Å². The molecule has 0 aliphatic carbocycles. The van der Waals surface area contributed by atoms with Gasteiger partial charge in [-0.1, -0.05) is 83.0 Å². The maximum absolute atomic E-state index is 13.2. The van der Waals surface area contributed by atoms with E-state index in [9.17, 15) is 24.4 Å². The molecular weight excluding hydrogens is 848 g/mol. The molecule has 2 aromatic heterocycles. The van der Waals surface area contributed by atoms with E-state index in [0.717, 1.165) is 5.56 Å². The lowest BCUT2D eigenvalue weighted by molar-refractivity contribution is -0.164. The van der Waals surface area contributed by atoms with E-state index in [1.165, 1.54) is 24.9 Å². The van der Waals surface area contributed by atoms with Gasteiger partial charge in [-0.3, -0.25) is 14.4 Å². The molecule has 7 atom stereocenters. The second-order valence-corrected chi connectivity index (χ2v) is 16.6. The van der Waals surface area contributed by atoms with Crippen molar-refractivity contribution in [2.24, 2.45) is 29.2 Å². The summed E-state index contributed by atoms with van der Waals surface area (Å²) in [4.78, 5) is 64.2. The number of hydrogen-bond donors (Lipinski definition) is 4. The molecule has 1 amide bonds. The van der Waals surface area contributed by atoms with Gasteiger partial charge in [0.25, 0.3) is 0 Å². The number of nitrogens with zero attached hydrogens (tertiary/aromatic N) is 4. The molecule has 2 heterocycles. The van der Waals surface area contributed by atoms with Crippen molar-refractivity contribution in [3.8, 4) is 34.4 Å². The molecule has 7 N–H and O–H groups in total. The van der Waals surface area contributed by atoms with Crippen LogP contribution in [0.25, 0.3) is 27.4 Å². The van der Waals surface area contributed by atoms with Crippen molar-refractivity contribution in [1.29, 1.82) is 5.26 Å². The van der Waals surface area contributed by atoms with Crippen LogP contribution in [-0.2, 0) is 34.4 Å². The van der Waals surface area contributed by atoms with E-state index in [4.69, 9.17) is 54.0 Å². The van der Waals surface area contributed by atoms with Crippen molar-refractivity contribution in [1.82, 2.24) is 15.3 Å². The van der Waals surface area contributed by atoms with Crippen LogP contribution >= 0.6 is 23.4 Å². The fraction of sp³-hybridized carbons (Fsp3) is 0.422. The molecular formula is C45H53ClN8O8S. The largest absolute Gasteiger partial charge is 0.490 e. The number of aromatic nitrogens is 2. The van der Waals surface area contributed by atoms with Gasteiger partial charge in [0.05, 0.1) is 35.8 Å². The molecule has 0 aliphatic heterocycles. The van der Waals surface area contributed by atoms with Crippen molar-refractivity contribution in [2.75, 3.05) is 18.9 Å². The number of ketones is 1. The first kappa shape index (κ1) is 49.7. The number of benzene rings is 2. The molecule has 4 aromatic rings. The molecule has 334 valence electrons. The van der Waals surface area contributed by atoms with Gasteiger partial charge in [-0.15, -0.1) is 0 Å². The van der Waals surface area contributed by atoms with Crippen LogP contribution in [0.1, 0.15) is 72.1 Å². The number of esters is 2. The standard InChI is InChI=1S/C45H53ClN8O8S/c1-8-24(3)37(48)35(55)18-26(5)44(57)61-22-33(62-45(58)27(6)52-41(56)38(49)25(4)9-2)21-59-32-16-12-28(13-17-32)36-34(19-47)43(54-40(50)39(36)51-7)63-23-31-20-60-42(53-31)29-10-14-30(46)15-11-29/h10-17,20,24-27,33,37-38H,8-9,18,21-23,48-49H2,1-6H3,(H2,50,54)(H,52,56)/t24-,25-,26+,27-,33-,37-,38-/m0/s1. The second-order valence-electron chi connectivity index (χ2n) is 15.2. The molecule has 0 fully saturated rings. The van der Waals surface area contributed by atoms with E-state index in [1.54, 1.807) is 55.5 Å². The topological polar surface area (TPSA) is 253 Å². The van der Waals surface area contributed by atoms with Crippen molar-refractivity contribution < 1.29 is 37.8 Å². The van der Waals surface area contributed by atoms with Crippen LogP contribution in [0.4, 0.5) is 11.5 Å². The van der Waals surface area contributed by atoms with Crippen LogP contribution in [0.15, 0.2) is 64.2 Å². The van der Waals surface area contributed by atoms with E-state index in [1.807, 2.05) is 27.7 Å². The first-order valence-corrected chi connectivity index (χ1v) is 21.8. The fourth-order valence-electron chi connectivity index (χ4n) is 5.99. The highest BCUT2D eigenvalue weighted by molar-refractivity contribution is 7.98. The zero-order valence-electron chi connectivity index (χ0n) is 36.1. The van der Waals surface area contributed by atoms with Gasteiger partial charge in [0, 0.05) is 28.3 Å². The summed E-state index contributed by atoms with van der Waals surface area (Å²) < 4.78 is 22.8. The molecule has 0 aliphatic rings. The minimum absolute atomic E-state index is 0.00562. The molecule has 0 spiro atoms. The number of anilines is 1. The van der Waals surface area contributed by atoms with Crippen LogP contribution in [0, 0.1) is 35.7 Å². The number of thioether (sulfide) groups is 1. The first-order chi connectivity index (χ1) is 30.0. The lowest BCUT2D eigenvalue weighted by Gasteiger charge is -2.24. The molecule has 18 heteroatoms. The number of carbonyl (C=O) groups excluding carboxylic acids is 4. The van der Waals surface area contributed by atoms with Gasteiger partial charge in [-0.25, -0.2) is 19.6 Å². The van der Waals surface area contributed by atoms with Gasteiger partial charge in [-0.2, -0.15) is 5.26 Å². The molecule has 0 saturated carbocycles. The Morgan fingerprint density at radius 3 is 2.19 bits per heavy atom. The molecule has 0 bridgehead atoms. The maximum atomic E-state index is 13.2. The molecule has 2 aromatic carbocycles. The summed E-state index contributed by atoms with van der Waals surface area (Å²) >= 11 is 7.21. The Hall–Kier alpha value is -5.98. The fourth-order valence-corrected chi connectivity index (χ4v) is 6.99. The number of nitrogens with one attached hydrogen (secondary N) is 1. The Kier molecular flexibility index (Phi) is 18.5. The molecule has 0 radical (unpaired) electrons. The van der Waals surface area contributed by atoms with Crippen molar-refractivity contribution in [2.45, 2.75) is 95.8 Å². The number of Topliss-reactive ketones (excluding diaryl/α,β-unsaturated/α-hetero) is 1. The summed E-state index contributed by atoms with van der Waals surface area (Å²) in [5.74, 6) is -2.43. The number of nitriles is 1. The summed E-state index contributed by atoms with van der Waals surface area (Å²) in [6.45, 7) is 17.6. The predicted molar refractivity (Wildman–Crippen MR) is 239 cm³/mol. The summed E-state index contributed by atoms with van der Waals surface area (Å²) in [7, 11) is 0. The average molecular weight is 901 g/mol. The number of carbonyl (C=O) groups is 4. The lowest BCUT2D eigenvalue weighted by atomic mass is 9.91. The first-order valence-electron chi connectivity index (χ1n) is 20.4. The summed E-state index contributed by atoms with van der Waals surface area (Å²) in [5.41, 5.74) is 20.6. The third kappa shape index (κ3) is 13.5. The number of nitrogens with two attached hydrogens (primary N) is 3. The minimum atomic E-state index is -1.15. The van der Waals surface area contributed by atoms with Gasteiger partial charge in [0.1, 0.15) is 48.2 Å². The second kappa shape index (κ2) is 23.5. The number of rotatable bonds is 22. The Labute approximate surface area is 376 Å². The van der Waals surface area contributed by atoms with Crippen molar-refractivity contribution in [3.63, 3.8) is 0 Å². The minimum Gasteiger partial charge on any atom is -0.490 e. The molecule has 0 saturated heterocycles. The van der Waals surface area contributed by atoms with Gasteiger partial charge in [0.15, 0.2) is 11.9 Å². The Morgan fingerprint density at radius 2 is 1.57 bits per heavy atom. The lowest BCUT2D eigenvalue weighted by Crippen LogP contribution is -2.50. The maximum Gasteiger partial charge on any atom is 0.328 e. The predicted octanol–water partition coefficient (Wildman–Crippen LogP) is 7.03. The quantitative estimate of drug-likeness (QED) is 0.0351. The Bertz CT molecular complexity index is 2310. The number of ether oxygens (including phenoxy) is 3. The number of amides is 1. The van der Waals surface area contributed by atoms with Crippen molar-refractivity contribution in [3.05, 3.63) is 82.5 Å². The van der Waals surface area contributed by atoms with E-state index in [-0.39, 0.29) is 64.1 Å².